The van der Waals surface area contributed by atoms with E-state index in [1.54, 1.807) is 0 Å². The van der Waals surface area contributed by atoms with Gasteiger partial charge in [-0.3, -0.25) is 10.00 Å². The quantitative estimate of drug-likeness (QED) is 0.784. The van der Waals surface area contributed by atoms with Crippen molar-refractivity contribution in [2.75, 3.05) is 19.8 Å². The lowest BCUT2D eigenvalue weighted by Gasteiger charge is -2.39. The van der Waals surface area contributed by atoms with Crippen LogP contribution in [-0.2, 0) is 17.7 Å². The van der Waals surface area contributed by atoms with Crippen LogP contribution in [0.15, 0.2) is 0 Å². The van der Waals surface area contributed by atoms with Gasteiger partial charge in [0.2, 0.25) is 0 Å². The average molecular weight is 223 g/mol. The highest BCUT2D eigenvalue weighted by Gasteiger charge is 2.30. The third-order valence-electron chi connectivity index (χ3n) is 3.29. The molecule has 0 radical (unpaired) electrons. The van der Waals surface area contributed by atoms with Crippen molar-refractivity contribution >= 4 is 0 Å². The smallest absolute Gasteiger partial charge is 0.0682 e. The van der Waals surface area contributed by atoms with Gasteiger partial charge in [-0.05, 0) is 6.92 Å². The highest BCUT2D eigenvalue weighted by Crippen LogP contribution is 2.23. The summed E-state index contributed by atoms with van der Waals surface area (Å²) in [5.41, 5.74) is 3.90. The summed E-state index contributed by atoms with van der Waals surface area (Å²) in [5, 5.41) is 7.38. The molecule has 0 spiro atoms. The first-order valence-electron chi connectivity index (χ1n) is 6.19. The third kappa shape index (κ3) is 1.99. The van der Waals surface area contributed by atoms with Crippen LogP contribution in [0.25, 0.3) is 0 Å². The summed E-state index contributed by atoms with van der Waals surface area (Å²) < 4.78 is 5.22. The number of aromatic nitrogens is 2. The minimum Gasteiger partial charge on any atom is -0.378 e. The molecule has 0 saturated carbocycles. The fourth-order valence-corrected chi connectivity index (χ4v) is 2.20. The third-order valence-corrected chi connectivity index (χ3v) is 3.29. The van der Waals surface area contributed by atoms with Gasteiger partial charge in [0.1, 0.15) is 0 Å². The van der Waals surface area contributed by atoms with Crippen LogP contribution < -0.4 is 0 Å². The molecule has 1 fully saturated rings. The predicted octanol–water partition coefficient (Wildman–Crippen LogP) is 1.50. The zero-order chi connectivity index (χ0) is 11.5. The zero-order valence-electron chi connectivity index (χ0n) is 10.4. The van der Waals surface area contributed by atoms with Gasteiger partial charge in [0.15, 0.2) is 0 Å². The minimum atomic E-state index is 0.650. The van der Waals surface area contributed by atoms with Crippen molar-refractivity contribution in [3.05, 3.63) is 17.0 Å². The number of aromatic amines is 1. The molecule has 90 valence electrons. The number of nitrogens with zero attached hydrogens (tertiary/aromatic N) is 2. The van der Waals surface area contributed by atoms with Gasteiger partial charge in [-0.2, -0.15) is 5.10 Å². The second-order valence-corrected chi connectivity index (χ2v) is 4.19. The van der Waals surface area contributed by atoms with Crippen LogP contribution in [0.4, 0.5) is 0 Å². The summed E-state index contributed by atoms with van der Waals surface area (Å²) in [6, 6.07) is 0.650. The maximum atomic E-state index is 5.22. The molecule has 1 aromatic rings. The molecule has 0 unspecified atom stereocenters. The maximum Gasteiger partial charge on any atom is 0.0682 e. The molecule has 16 heavy (non-hydrogen) atoms. The summed E-state index contributed by atoms with van der Waals surface area (Å²) in [6.45, 7) is 10.1. The molecular weight excluding hydrogens is 202 g/mol. The first-order valence-corrected chi connectivity index (χ1v) is 6.19. The Hall–Kier alpha value is -0.870. The maximum absolute atomic E-state index is 5.22. The summed E-state index contributed by atoms with van der Waals surface area (Å²) in [4.78, 5) is 2.51. The number of rotatable bonds is 1. The van der Waals surface area contributed by atoms with Crippen LogP contribution in [0.5, 0.6) is 0 Å². The van der Waals surface area contributed by atoms with Crippen molar-refractivity contribution in [2.24, 2.45) is 0 Å². The number of nitrogens with one attached hydrogen (secondary N) is 1. The highest BCUT2D eigenvalue weighted by atomic mass is 16.5. The molecule has 1 aromatic heterocycles. The number of fused-ring (bicyclic) bond motifs is 1. The van der Waals surface area contributed by atoms with Crippen LogP contribution in [0.2, 0.25) is 0 Å². The van der Waals surface area contributed by atoms with Gasteiger partial charge in [0, 0.05) is 30.8 Å². The standard InChI is InChI=1S/C10H15N3O.C2H6/c1-7-9-4-13(8-5-14-6-8)3-2-10(9)12-11-7;1-2/h8H,2-6H2,1H3,(H,11,12);1-2H3. The van der Waals surface area contributed by atoms with Gasteiger partial charge in [-0.15, -0.1) is 0 Å². The van der Waals surface area contributed by atoms with Crippen LogP contribution in [0.3, 0.4) is 0 Å². The molecule has 0 aromatic carbocycles. The van der Waals surface area contributed by atoms with Gasteiger partial charge in [-0.25, -0.2) is 0 Å². The first-order chi connectivity index (χ1) is 7.84. The first kappa shape index (κ1) is 11.6. The molecule has 0 aliphatic carbocycles. The zero-order valence-corrected chi connectivity index (χ0v) is 10.4. The van der Waals surface area contributed by atoms with Crippen molar-refractivity contribution in [2.45, 2.75) is 39.8 Å². The molecule has 1 N–H and O–H groups in total. The molecular formula is C12H21N3O. The van der Waals surface area contributed by atoms with Crippen LogP contribution in [0, 0.1) is 6.92 Å². The summed E-state index contributed by atoms with van der Waals surface area (Å²) in [7, 11) is 0. The van der Waals surface area contributed by atoms with Crippen molar-refractivity contribution in [3.63, 3.8) is 0 Å². The van der Waals surface area contributed by atoms with E-state index in [9.17, 15) is 0 Å². The van der Waals surface area contributed by atoms with Crippen molar-refractivity contribution in [1.82, 2.24) is 15.1 Å². The lowest BCUT2D eigenvalue weighted by atomic mass is 10.0. The van der Waals surface area contributed by atoms with E-state index in [1.165, 1.54) is 17.0 Å². The van der Waals surface area contributed by atoms with Gasteiger partial charge in [0.25, 0.3) is 0 Å². The largest absolute Gasteiger partial charge is 0.378 e. The van der Waals surface area contributed by atoms with Gasteiger partial charge < -0.3 is 4.74 Å². The molecule has 0 atom stereocenters. The van der Waals surface area contributed by atoms with Crippen molar-refractivity contribution < 1.29 is 4.74 Å². The summed E-state index contributed by atoms with van der Waals surface area (Å²) >= 11 is 0. The van der Waals surface area contributed by atoms with E-state index in [-0.39, 0.29) is 0 Å². The van der Waals surface area contributed by atoms with E-state index in [1.807, 2.05) is 13.8 Å². The number of hydrogen-bond acceptors (Lipinski definition) is 3. The Morgan fingerprint density at radius 2 is 2.12 bits per heavy atom. The normalized spacial score (nSPS) is 20.7. The van der Waals surface area contributed by atoms with Crippen LogP contribution in [-0.4, -0.2) is 40.9 Å². The van der Waals surface area contributed by atoms with Crippen LogP contribution >= 0.6 is 0 Å². The second-order valence-electron chi connectivity index (χ2n) is 4.19. The monoisotopic (exact) mass is 223 g/mol. The molecule has 0 amide bonds. The second kappa shape index (κ2) is 4.97. The van der Waals surface area contributed by atoms with Crippen molar-refractivity contribution in [1.29, 1.82) is 0 Å². The highest BCUT2D eigenvalue weighted by molar-refractivity contribution is 5.26. The number of aryl methyl sites for hydroxylation is 1. The number of ether oxygens (including phenoxy) is 1. The Bertz CT molecular complexity index is 344. The van der Waals surface area contributed by atoms with Gasteiger partial charge in [0.05, 0.1) is 24.9 Å². The van der Waals surface area contributed by atoms with E-state index < -0.39 is 0 Å². The molecule has 0 bridgehead atoms. The average Bonchev–Trinajstić information content (AvgIpc) is 2.61. The summed E-state index contributed by atoms with van der Waals surface area (Å²) in [6.07, 6.45) is 1.08. The molecule has 2 aliphatic rings. The Morgan fingerprint density at radius 1 is 1.38 bits per heavy atom. The molecule has 2 aliphatic heterocycles. The molecule has 3 heterocycles. The molecule has 4 nitrogen and oxygen atoms in total. The van der Waals surface area contributed by atoms with Gasteiger partial charge in [-0.1, -0.05) is 13.8 Å². The van der Waals surface area contributed by atoms with Crippen molar-refractivity contribution in [3.8, 4) is 0 Å². The molecule has 3 rings (SSSR count). The van der Waals surface area contributed by atoms with E-state index in [2.05, 4.69) is 22.0 Å². The van der Waals surface area contributed by atoms with Crippen LogP contribution in [0.1, 0.15) is 30.8 Å². The number of H-pyrrole nitrogens is 1. The predicted molar refractivity (Wildman–Crippen MR) is 63.4 cm³/mol. The fraction of sp³-hybridized carbons (Fsp3) is 0.750. The Kier molecular flexibility index (Phi) is 3.61. The lowest BCUT2D eigenvalue weighted by molar-refractivity contribution is -0.0696. The molecule has 4 heteroatoms. The van der Waals surface area contributed by atoms with E-state index >= 15 is 0 Å². The molecule has 1 saturated heterocycles. The fourth-order valence-electron chi connectivity index (χ4n) is 2.20. The Morgan fingerprint density at radius 3 is 2.75 bits per heavy atom. The van der Waals surface area contributed by atoms with E-state index in [0.29, 0.717) is 6.04 Å². The van der Waals surface area contributed by atoms with E-state index in [4.69, 9.17) is 4.74 Å². The van der Waals surface area contributed by atoms with E-state index in [0.717, 1.165) is 32.7 Å². The Balaban J connectivity index is 0.000000457. The summed E-state index contributed by atoms with van der Waals surface area (Å²) in [5.74, 6) is 0. The topological polar surface area (TPSA) is 41.2 Å². The minimum absolute atomic E-state index is 0.650. The van der Waals surface area contributed by atoms with Gasteiger partial charge >= 0.3 is 0 Å². The lowest BCUT2D eigenvalue weighted by Crippen LogP contribution is -2.50. The SMILES string of the molecule is CC.Cc1[nH]nc2c1CN(C1COC1)CC2. The Labute approximate surface area is 97.0 Å². The number of hydrogen-bond donors (Lipinski definition) is 1.